The molecule has 1 aromatic carbocycles. The molecular weight excluding hydrogens is 282 g/mol. The van der Waals surface area contributed by atoms with Crippen molar-refractivity contribution < 1.29 is 18.3 Å². The van der Waals surface area contributed by atoms with Gasteiger partial charge in [-0.3, -0.25) is 0 Å². The molecule has 0 saturated carbocycles. The Hall–Kier alpha value is -1.10. The van der Waals surface area contributed by atoms with Gasteiger partial charge in [-0.15, -0.1) is 0 Å². The molecule has 88 valence electrons. The number of hydrogen-bond acceptors (Lipinski definition) is 2. The molecule has 2 nitrogen and oxygen atoms in total. The Bertz CT molecular complexity index is 367. The summed E-state index contributed by atoms with van der Waals surface area (Å²) in [7, 11) is 0. The highest BCUT2D eigenvalue weighted by Gasteiger charge is 2.13. The Morgan fingerprint density at radius 1 is 1.44 bits per heavy atom. The van der Waals surface area contributed by atoms with Crippen molar-refractivity contribution in [3.8, 4) is 11.5 Å². The first-order valence-electron chi connectivity index (χ1n) is 4.66. The quantitative estimate of drug-likeness (QED) is 0.815. The van der Waals surface area contributed by atoms with Crippen LogP contribution in [-0.2, 0) is 0 Å². The third kappa shape index (κ3) is 3.48. The van der Waals surface area contributed by atoms with Crippen molar-refractivity contribution in [2.45, 2.75) is 13.5 Å². The van der Waals surface area contributed by atoms with Gasteiger partial charge in [0.15, 0.2) is 11.5 Å². The van der Waals surface area contributed by atoms with Crippen LogP contribution in [0.5, 0.6) is 11.5 Å². The van der Waals surface area contributed by atoms with Crippen molar-refractivity contribution in [3.63, 3.8) is 0 Å². The molecule has 1 aromatic rings. The lowest BCUT2D eigenvalue weighted by Gasteiger charge is -2.13. The fourth-order valence-corrected chi connectivity index (χ4v) is 1.50. The Morgan fingerprint density at radius 3 is 2.75 bits per heavy atom. The van der Waals surface area contributed by atoms with Gasteiger partial charge in [-0.2, -0.15) is 8.78 Å². The van der Waals surface area contributed by atoms with Crippen molar-refractivity contribution >= 4 is 22.0 Å². The number of hydrogen-bond donors (Lipinski definition) is 0. The highest BCUT2D eigenvalue weighted by atomic mass is 79.9. The molecule has 0 saturated heterocycles. The lowest BCUT2D eigenvalue weighted by atomic mass is 10.2. The van der Waals surface area contributed by atoms with Crippen LogP contribution in [0.4, 0.5) is 8.78 Å². The molecule has 0 atom stereocenters. The molecule has 0 amide bonds. The van der Waals surface area contributed by atoms with Crippen LogP contribution >= 0.6 is 15.9 Å². The lowest BCUT2D eigenvalue weighted by molar-refractivity contribution is -0.0515. The smallest absolute Gasteiger partial charge is 0.387 e. The number of para-hydroxylation sites is 1. The molecule has 0 bridgehead atoms. The summed E-state index contributed by atoms with van der Waals surface area (Å²) in [5.74, 6) is 0.362. The molecular formula is C11H11BrF2O2. The van der Waals surface area contributed by atoms with E-state index in [0.717, 1.165) is 0 Å². The van der Waals surface area contributed by atoms with E-state index in [0.29, 0.717) is 17.9 Å². The number of rotatable bonds is 5. The van der Waals surface area contributed by atoms with Crippen molar-refractivity contribution in [2.75, 3.05) is 6.61 Å². The summed E-state index contributed by atoms with van der Waals surface area (Å²) in [4.78, 5) is 1.57. The van der Waals surface area contributed by atoms with Gasteiger partial charge in [0, 0.05) is 5.56 Å². The maximum absolute atomic E-state index is 12.2. The van der Waals surface area contributed by atoms with E-state index in [1.165, 1.54) is 0 Å². The highest BCUT2D eigenvalue weighted by molar-refractivity contribution is 9.11. The molecule has 0 radical (unpaired) electrons. The van der Waals surface area contributed by atoms with Crippen molar-refractivity contribution in [1.29, 1.82) is 0 Å². The van der Waals surface area contributed by atoms with E-state index in [1.807, 2.05) is 0 Å². The third-order valence-corrected chi connectivity index (χ3v) is 2.02. The molecule has 0 aliphatic rings. The van der Waals surface area contributed by atoms with Crippen molar-refractivity contribution in [3.05, 3.63) is 28.7 Å². The zero-order chi connectivity index (χ0) is 12.0. The fourth-order valence-electron chi connectivity index (χ4n) is 1.22. The topological polar surface area (TPSA) is 18.5 Å². The SMILES string of the molecule is CCOc1cccc(/C=C\Br)c1OC(F)F. The first-order valence-corrected chi connectivity index (χ1v) is 5.58. The minimum atomic E-state index is -2.87. The molecule has 0 aliphatic heterocycles. The Morgan fingerprint density at radius 2 is 2.19 bits per heavy atom. The average Bonchev–Trinajstić information content (AvgIpc) is 2.23. The van der Waals surface area contributed by atoms with Gasteiger partial charge < -0.3 is 9.47 Å². The van der Waals surface area contributed by atoms with E-state index >= 15 is 0 Å². The summed E-state index contributed by atoms with van der Waals surface area (Å²) in [5, 5.41) is 0. The monoisotopic (exact) mass is 292 g/mol. The number of benzene rings is 1. The van der Waals surface area contributed by atoms with E-state index in [4.69, 9.17) is 4.74 Å². The molecule has 5 heteroatoms. The van der Waals surface area contributed by atoms with Crippen LogP contribution < -0.4 is 9.47 Å². The maximum Gasteiger partial charge on any atom is 0.387 e. The molecule has 0 spiro atoms. The number of alkyl halides is 2. The van der Waals surface area contributed by atoms with Crippen LogP contribution in [0.3, 0.4) is 0 Å². The summed E-state index contributed by atoms with van der Waals surface area (Å²) in [6, 6.07) is 4.97. The van der Waals surface area contributed by atoms with E-state index in [9.17, 15) is 8.78 Å². The Labute approximate surface area is 101 Å². The van der Waals surface area contributed by atoms with Crippen molar-refractivity contribution in [2.24, 2.45) is 0 Å². The maximum atomic E-state index is 12.2. The molecule has 0 aromatic heterocycles. The van der Waals surface area contributed by atoms with E-state index in [1.54, 1.807) is 36.2 Å². The van der Waals surface area contributed by atoms with Gasteiger partial charge >= 0.3 is 6.61 Å². The summed E-state index contributed by atoms with van der Waals surface area (Å²) in [5.41, 5.74) is 0.531. The van der Waals surface area contributed by atoms with Gasteiger partial charge in [0.1, 0.15) is 0 Å². The van der Waals surface area contributed by atoms with Crippen molar-refractivity contribution in [1.82, 2.24) is 0 Å². The van der Waals surface area contributed by atoms with Crippen LogP contribution in [0.1, 0.15) is 12.5 Å². The molecule has 1 rings (SSSR count). The second-order valence-corrected chi connectivity index (χ2v) is 3.31. The largest absolute Gasteiger partial charge is 0.490 e. The molecule has 0 N–H and O–H groups in total. The normalized spacial score (nSPS) is 11.1. The van der Waals surface area contributed by atoms with Gasteiger partial charge in [-0.25, -0.2) is 0 Å². The standard InChI is InChI=1S/C11H11BrF2O2/c1-2-15-9-5-3-4-8(6-7-12)10(9)16-11(13)14/h3-7,11H,2H2,1H3/b7-6-. The summed E-state index contributed by atoms with van der Waals surface area (Å²) in [6.45, 7) is -0.704. The Balaban J connectivity index is 3.11. The second-order valence-electron chi connectivity index (χ2n) is 2.78. The first-order chi connectivity index (χ1) is 7.69. The summed E-state index contributed by atoms with van der Waals surface area (Å²) < 4.78 is 34.2. The molecule has 0 fully saturated rings. The Kier molecular flexibility index (Phi) is 5.25. The minimum absolute atomic E-state index is 0.0510. The van der Waals surface area contributed by atoms with Gasteiger partial charge in [0.25, 0.3) is 0 Å². The zero-order valence-electron chi connectivity index (χ0n) is 8.62. The first kappa shape index (κ1) is 13.0. The number of ether oxygens (including phenoxy) is 2. The van der Waals surface area contributed by atoms with Gasteiger partial charge in [0.05, 0.1) is 6.61 Å². The lowest BCUT2D eigenvalue weighted by Crippen LogP contribution is -2.05. The molecule has 0 aliphatic carbocycles. The van der Waals surface area contributed by atoms with E-state index < -0.39 is 6.61 Å². The zero-order valence-corrected chi connectivity index (χ0v) is 10.2. The van der Waals surface area contributed by atoms with Crippen LogP contribution in [0.25, 0.3) is 6.08 Å². The highest BCUT2D eigenvalue weighted by Crippen LogP contribution is 2.33. The number of halogens is 3. The van der Waals surface area contributed by atoms with Gasteiger partial charge in [-0.1, -0.05) is 28.1 Å². The van der Waals surface area contributed by atoms with E-state index in [-0.39, 0.29) is 5.75 Å². The van der Waals surface area contributed by atoms with Crippen LogP contribution in [0, 0.1) is 0 Å². The van der Waals surface area contributed by atoms with Crippen LogP contribution in [0.2, 0.25) is 0 Å². The second kappa shape index (κ2) is 6.48. The van der Waals surface area contributed by atoms with Gasteiger partial charge in [-0.05, 0) is 24.1 Å². The van der Waals surface area contributed by atoms with Crippen LogP contribution in [-0.4, -0.2) is 13.2 Å². The summed E-state index contributed by atoms with van der Waals surface area (Å²) in [6.07, 6.45) is 1.61. The fraction of sp³-hybridized carbons (Fsp3) is 0.273. The van der Waals surface area contributed by atoms with Crippen LogP contribution in [0.15, 0.2) is 23.2 Å². The molecule has 16 heavy (non-hydrogen) atoms. The minimum Gasteiger partial charge on any atom is -0.490 e. The third-order valence-electron chi connectivity index (χ3n) is 1.76. The average molecular weight is 293 g/mol. The van der Waals surface area contributed by atoms with E-state index in [2.05, 4.69) is 20.7 Å². The predicted molar refractivity (Wildman–Crippen MR) is 62.2 cm³/mol. The molecule has 0 unspecified atom stereocenters. The predicted octanol–water partition coefficient (Wildman–Crippen LogP) is 4.05. The summed E-state index contributed by atoms with van der Waals surface area (Å²) >= 11 is 3.09. The molecule has 0 heterocycles. The van der Waals surface area contributed by atoms with Gasteiger partial charge in [0.2, 0.25) is 0 Å².